The number of amides is 1. The van der Waals surface area contributed by atoms with Crippen LogP contribution in [0.3, 0.4) is 0 Å². The van der Waals surface area contributed by atoms with Crippen molar-refractivity contribution in [2.75, 3.05) is 11.3 Å². The molecule has 3 N–H and O–H groups in total. The molecule has 33 heavy (non-hydrogen) atoms. The molecule has 0 fully saturated rings. The lowest BCUT2D eigenvalue weighted by Crippen LogP contribution is -2.25. The van der Waals surface area contributed by atoms with Crippen molar-refractivity contribution < 1.29 is 13.2 Å². The van der Waals surface area contributed by atoms with E-state index in [0.717, 1.165) is 28.8 Å². The molecule has 4 rings (SSSR count). The molecule has 7 nitrogen and oxygen atoms in total. The molecular weight excluding hydrogens is 436 g/mol. The molecular formula is C25H26N4O3S. The minimum Gasteiger partial charge on any atom is -0.352 e. The van der Waals surface area contributed by atoms with E-state index in [1.807, 2.05) is 37.3 Å². The summed E-state index contributed by atoms with van der Waals surface area (Å²) in [6.07, 6.45) is 1.44. The average molecular weight is 463 g/mol. The predicted octanol–water partition coefficient (Wildman–Crippen LogP) is 4.34. The number of H-pyrrole nitrogens is 1. The molecule has 0 saturated carbocycles. The number of aromatic nitrogens is 2. The van der Waals surface area contributed by atoms with E-state index in [0.29, 0.717) is 29.8 Å². The molecule has 0 saturated heterocycles. The number of aromatic amines is 1. The summed E-state index contributed by atoms with van der Waals surface area (Å²) in [6.45, 7) is 4.08. The number of hydrogen-bond acceptors (Lipinski definition) is 4. The Balaban J connectivity index is 1.35. The maximum absolute atomic E-state index is 12.8. The Kier molecular flexibility index (Phi) is 6.46. The number of carbonyl (C=O) groups is 1. The van der Waals surface area contributed by atoms with Crippen LogP contribution >= 0.6 is 0 Å². The highest BCUT2D eigenvalue weighted by Crippen LogP contribution is 2.21. The van der Waals surface area contributed by atoms with Gasteiger partial charge in [0, 0.05) is 24.2 Å². The fourth-order valence-corrected chi connectivity index (χ4v) is 4.99. The van der Waals surface area contributed by atoms with Gasteiger partial charge < -0.3 is 10.3 Å². The van der Waals surface area contributed by atoms with E-state index in [1.54, 1.807) is 37.3 Å². The molecule has 170 valence electrons. The number of nitrogens with one attached hydrogen (secondary N) is 3. The summed E-state index contributed by atoms with van der Waals surface area (Å²) in [6, 6.07) is 19.6. The van der Waals surface area contributed by atoms with Crippen molar-refractivity contribution in [3.63, 3.8) is 0 Å². The van der Waals surface area contributed by atoms with Crippen molar-refractivity contribution in [1.82, 2.24) is 15.3 Å². The standard InChI is InChI=1S/C25H26N4O3S/c1-17-12-13-18(2)23(15-17)33(31,32)29-20-8-5-7-19(16-20)25(30)26-14-6-11-24-27-21-9-3-4-10-22(21)28-24/h3-5,7-10,12-13,15-16,29H,6,11,14H2,1-2H3,(H,26,30)(H,27,28). The smallest absolute Gasteiger partial charge is 0.262 e. The third-order valence-corrected chi connectivity index (χ3v) is 6.85. The fourth-order valence-electron chi connectivity index (χ4n) is 3.61. The van der Waals surface area contributed by atoms with Crippen molar-refractivity contribution in [3.8, 4) is 0 Å². The number of sulfonamides is 1. The monoisotopic (exact) mass is 462 g/mol. The van der Waals surface area contributed by atoms with E-state index < -0.39 is 10.0 Å². The maximum Gasteiger partial charge on any atom is 0.262 e. The summed E-state index contributed by atoms with van der Waals surface area (Å²) in [5.74, 6) is 0.626. The second-order valence-corrected chi connectivity index (χ2v) is 9.67. The Morgan fingerprint density at radius 3 is 2.64 bits per heavy atom. The molecule has 0 aliphatic rings. The Labute approximate surface area is 193 Å². The number of imidazole rings is 1. The van der Waals surface area contributed by atoms with Crippen LogP contribution in [0.1, 0.15) is 33.7 Å². The van der Waals surface area contributed by atoms with E-state index >= 15 is 0 Å². The Morgan fingerprint density at radius 1 is 1.00 bits per heavy atom. The van der Waals surface area contributed by atoms with Crippen LogP contribution in [0.4, 0.5) is 5.69 Å². The summed E-state index contributed by atoms with van der Waals surface area (Å²) in [5, 5.41) is 2.88. The van der Waals surface area contributed by atoms with E-state index in [9.17, 15) is 13.2 Å². The SMILES string of the molecule is Cc1ccc(C)c(S(=O)(=O)Nc2cccc(C(=O)NCCCc3nc4ccccc4[nH]3)c2)c1. The van der Waals surface area contributed by atoms with Crippen LogP contribution < -0.4 is 10.0 Å². The maximum atomic E-state index is 12.8. The molecule has 0 atom stereocenters. The number of para-hydroxylation sites is 2. The van der Waals surface area contributed by atoms with Crippen molar-refractivity contribution >= 4 is 32.7 Å². The first kappa shape index (κ1) is 22.5. The zero-order valence-electron chi connectivity index (χ0n) is 18.6. The van der Waals surface area contributed by atoms with Gasteiger partial charge in [-0.15, -0.1) is 0 Å². The zero-order valence-corrected chi connectivity index (χ0v) is 19.4. The lowest BCUT2D eigenvalue weighted by Gasteiger charge is -2.12. The number of hydrogen-bond donors (Lipinski definition) is 3. The highest BCUT2D eigenvalue weighted by molar-refractivity contribution is 7.92. The van der Waals surface area contributed by atoms with Gasteiger partial charge >= 0.3 is 0 Å². The molecule has 0 aliphatic heterocycles. The van der Waals surface area contributed by atoms with Crippen LogP contribution in [-0.4, -0.2) is 30.8 Å². The van der Waals surface area contributed by atoms with Crippen LogP contribution in [0.5, 0.6) is 0 Å². The average Bonchev–Trinajstić information content (AvgIpc) is 3.21. The van der Waals surface area contributed by atoms with Crippen molar-refractivity contribution in [2.24, 2.45) is 0 Å². The summed E-state index contributed by atoms with van der Waals surface area (Å²) >= 11 is 0. The molecule has 1 amide bonds. The Hall–Kier alpha value is -3.65. The second-order valence-electron chi connectivity index (χ2n) is 8.02. The first-order chi connectivity index (χ1) is 15.8. The lowest BCUT2D eigenvalue weighted by molar-refractivity contribution is 0.0953. The minimum absolute atomic E-state index is 0.225. The summed E-state index contributed by atoms with van der Waals surface area (Å²) in [5.41, 5.74) is 4.17. The van der Waals surface area contributed by atoms with Gasteiger partial charge in [0.1, 0.15) is 5.82 Å². The van der Waals surface area contributed by atoms with Crippen molar-refractivity contribution in [1.29, 1.82) is 0 Å². The molecule has 0 spiro atoms. The molecule has 4 aromatic rings. The van der Waals surface area contributed by atoms with Crippen molar-refractivity contribution in [2.45, 2.75) is 31.6 Å². The summed E-state index contributed by atoms with van der Waals surface area (Å²) in [4.78, 5) is 20.6. The fraction of sp³-hybridized carbons (Fsp3) is 0.200. The second kappa shape index (κ2) is 9.46. The van der Waals surface area contributed by atoms with Gasteiger partial charge in [-0.3, -0.25) is 9.52 Å². The van der Waals surface area contributed by atoms with Gasteiger partial charge in [-0.2, -0.15) is 0 Å². The molecule has 0 bridgehead atoms. The first-order valence-corrected chi connectivity index (χ1v) is 12.2. The molecule has 0 radical (unpaired) electrons. The molecule has 0 unspecified atom stereocenters. The number of carbonyl (C=O) groups excluding carboxylic acids is 1. The predicted molar refractivity (Wildman–Crippen MR) is 130 cm³/mol. The van der Waals surface area contributed by atoms with Crippen LogP contribution in [0, 0.1) is 13.8 Å². The quantitative estimate of drug-likeness (QED) is 0.339. The third kappa shape index (κ3) is 5.40. The highest BCUT2D eigenvalue weighted by atomic mass is 32.2. The van der Waals surface area contributed by atoms with Gasteiger partial charge in [-0.1, -0.05) is 30.3 Å². The van der Waals surface area contributed by atoms with E-state index in [1.165, 1.54) is 6.07 Å². The van der Waals surface area contributed by atoms with Gasteiger partial charge in [0.2, 0.25) is 0 Å². The van der Waals surface area contributed by atoms with Crippen LogP contribution in [-0.2, 0) is 16.4 Å². The number of rotatable bonds is 8. The number of aryl methyl sites for hydroxylation is 3. The molecule has 3 aromatic carbocycles. The van der Waals surface area contributed by atoms with Crippen LogP contribution in [0.15, 0.2) is 71.6 Å². The minimum atomic E-state index is -3.76. The molecule has 1 aromatic heterocycles. The number of anilines is 1. The van der Waals surface area contributed by atoms with Gasteiger partial charge in [0.25, 0.3) is 15.9 Å². The zero-order chi connectivity index (χ0) is 23.4. The van der Waals surface area contributed by atoms with Gasteiger partial charge in [-0.25, -0.2) is 13.4 Å². The first-order valence-electron chi connectivity index (χ1n) is 10.7. The molecule has 0 aliphatic carbocycles. The van der Waals surface area contributed by atoms with Crippen LogP contribution in [0.2, 0.25) is 0 Å². The Bertz CT molecular complexity index is 1380. The summed E-state index contributed by atoms with van der Waals surface area (Å²) in [7, 11) is -3.76. The topological polar surface area (TPSA) is 104 Å². The lowest BCUT2D eigenvalue weighted by atomic mass is 10.2. The van der Waals surface area contributed by atoms with Gasteiger partial charge in [0.15, 0.2) is 0 Å². The van der Waals surface area contributed by atoms with Gasteiger partial charge in [-0.05, 0) is 67.8 Å². The number of nitrogens with zero attached hydrogens (tertiary/aromatic N) is 1. The third-order valence-electron chi connectivity index (χ3n) is 5.32. The normalized spacial score (nSPS) is 11.5. The highest BCUT2D eigenvalue weighted by Gasteiger charge is 2.18. The molecule has 1 heterocycles. The molecule has 8 heteroatoms. The number of fused-ring (bicyclic) bond motifs is 1. The van der Waals surface area contributed by atoms with E-state index in [2.05, 4.69) is 20.0 Å². The van der Waals surface area contributed by atoms with E-state index in [-0.39, 0.29) is 10.8 Å². The Morgan fingerprint density at radius 2 is 1.82 bits per heavy atom. The van der Waals surface area contributed by atoms with E-state index in [4.69, 9.17) is 0 Å². The summed E-state index contributed by atoms with van der Waals surface area (Å²) < 4.78 is 28.3. The number of benzene rings is 3. The van der Waals surface area contributed by atoms with Crippen LogP contribution in [0.25, 0.3) is 11.0 Å². The van der Waals surface area contributed by atoms with Gasteiger partial charge in [0.05, 0.1) is 15.9 Å². The van der Waals surface area contributed by atoms with Crippen molar-refractivity contribution in [3.05, 3.63) is 89.2 Å². The largest absolute Gasteiger partial charge is 0.352 e.